The van der Waals surface area contributed by atoms with Crippen molar-refractivity contribution in [3.05, 3.63) is 29.8 Å². The number of ether oxygens (including phenoxy) is 1. The van der Waals surface area contributed by atoms with Gasteiger partial charge in [0.15, 0.2) is 0 Å². The zero-order valence-corrected chi connectivity index (χ0v) is 12.8. The van der Waals surface area contributed by atoms with E-state index < -0.39 is 6.04 Å². The van der Waals surface area contributed by atoms with Crippen LogP contribution in [0.5, 0.6) is 5.75 Å². The Kier molecular flexibility index (Phi) is 6.52. The fourth-order valence-corrected chi connectivity index (χ4v) is 2.10. The van der Waals surface area contributed by atoms with E-state index in [1.54, 1.807) is 7.11 Å². The van der Waals surface area contributed by atoms with Gasteiger partial charge < -0.3 is 15.8 Å². The molecular formula is C16H26N2O2. The Morgan fingerprint density at radius 3 is 2.60 bits per heavy atom. The summed E-state index contributed by atoms with van der Waals surface area (Å²) in [5, 5.41) is 2.98. The Labute approximate surface area is 121 Å². The van der Waals surface area contributed by atoms with Crippen LogP contribution in [0.4, 0.5) is 0 Å². The molecule has 0 aliphatic heterocycles. The second-order valence-electron chi connectivity index (χ2n) is 5.34. The van der Waals surface area contributed by atoms with Crippen molar-refractivity contribution >= 4 is 5.91 Å². The highest BCUT2D eigenvalue weighted by atomic mass is 16.5. The molecule has 2 unspecified atom stereocenters. The minimum absolute atomic E-state index is 0.0221. The summed E-state index contributed by atoms with van der Waals surface area (Å²) in [5.74, 6) is 0.954. The first kappa shape index (κ1) is 16.5. The molecule has 0 aliphatic rings. The molecule has 20 heavy (non-hydrogen) atoms. The number of hydrogen-bond acceptors (Lipinski definition) is 3. The third-order valence-corrected chi connectivity index (χ3v) is 3.67. The van der Waals surface area contributed by atoms with Gasteiger partial charge in [-0.1, -0.05) is 38.5 Å². The molecule has 0 saturated heterocycles. The van der Waals surface area contributed by atoms with E-state index in [-0.39, 0.29) is 17.9 Å². The summed E-state index contributed by atoms with van der Waals surface area (Å²) >= 11 is 0. The van der Waals surface area contributed by atoms with Crippen molar-refractivity contribution in [2.45, 2.75) is 45.7 Å². The molecule has 0 aliphatic carbocycles. The molecule has 0 fully saturated rings. The minimum atomic E-state index is -0.444. The Bertz CT molecular complexity index is 434. The molecule has 3 N–H and O–H groups in total. The number of carbonyl (C=O) groups is 1. The summed E-state index contributed by atoms with van der Waals surface area (Å²) in [5.41, 5.74) is 7.02. The number of benzene rings is 1. The van der Waals surface area contributed by atoms with Gasteiger partial charge in [0.1, 0.15) is 5.75 Å². The van der Waals surface area contributed by atoms with Gasteiger partial charge in [-0.15, -0.1) is 0 Å². The molecule has 1 rings (SSSR count). The van der Waals surface area contributed by atoms with Crippen LogP contribution in [-0.4, -0.2) is 25.1 Å². The smallest absolute Gasteiger partial charge is 0.237 e. The molecule has 0 heterocycles. The van der Waals surface area contributed by atoms with Crippen LogP contribution in [0.15, 0.2) is 24.3 Å². The molecule has 0 bridgehead atoms. The predicted octanol–water partition coefficient (Wildman–Crippen LogP) is 2.12. The largest absolute Gasteiger partial charge is 0.496 e. The fourth-order valence-electron chi connectivity index (χ4n) is 2.10. The van der Waals surface area contributed by atoms with Crippen LogP contribution in [-0.2, 0) is 11.2 Å². The molecule has 0 saturated carbocycles. The van der Waals surface area contributed by atoms with E-state index >= 15 is 0 Å². The average molecular weight is 278 g/mol. The van der Waals surface area contributed by atoms with E-state index in [0.29, 0.717) is 0 Å². The molecule has 0 spiro atoms. The van der Waals surface area contributed by atoms with Gasteiger partial charge in [-0.05, 0) is 30.9 Å². The van der Waals surface area contributed by atoms with Crippen LogP contribution in [0.3, 0.4) is 0 Å². The molecule has 0 radical (unpaired) electrons. The lowest BCUT2D eigenvalue weighted by Gasteiger charge is -2.21. The lowest BCUT2D eigenvalue weighted by molar-refractivity contribution is -0.124. The van der Waals surface area contributed by atoms with Crippen LogP contribution in [0.1, 0.15) is 32.8 Å². The topological polar surface area (TPSA) is 64.4 Å². The summed E-state index contributed by atoms with van der Waals surface area (Å²) in [6.45, 7) is 6.01. The average Bonchev–Trinajstić information content (AvgIpc) is 2.45. The molecule has 4 heteroatoms. The van der Waals surface area contributed by atoms with Crippen LogP contribution >= 0.6 is 0 Å². The maximum atomic E-state index is 12.0. The minimum Gasteiger partial charge on any atom is -0.496 e. The number of hydrogen-bond donors (Lipinski definition) is 2. The normalized spacial score (nSPS) is 15.2. The van der Waals surface area contributed by atoms with E-state index in [2.05, 4.69) is 5.32 Å². The van der Waals surface area contributed by atoms with Crippen molar-refractivity contribution in [1.82, 2.24) is 5.32 Å². The summed E-state index contributed by atoms with van der Waals surface area (Å²) in [4.78, 5) is 12.0. The quantitative estimate of drug-likeness (QED) is 0.803. The monoisotopic (exact) mass is 278 g/mol. The summed E-state index contributed by atoms with van der Waals surface area (Å²) in [6.07, 6.45) is 1.62. The Hall–Kier alpha value is -1.55. The van der Waals surface area contributed by atoms with Crippen LogP contribution < -0.4 is 15.8 Å². The van der Waals surface area contributed by atoms with Gasteiger partial charge in [0.05, 0.1) is 13.2 Å². The summed E-state index contributed by atoms with van der Waals surface area (Å²) in [6, 6.07) is 7.42. The molecule has 1 aromatic carbocycles. The van der Waals surface area contributed by atoms with Gasteiger partial charge in [-0.2, -0.15) is 0 Å². The third-order valence-electron chi connectivity index (χ3n) is 3.67. The van der Waals surface area contributed by atoms with Gasteiger partial charge in [-0.25, -0.2) is 0 Å². The van der Waals surface area contributed by atoms with Crippen LogP contribution in [0.25, 0.3) is 0 Å². The zero-order chi connectivity index (χ0) is 15.1. The first-order valence-electron chi connectivity index (χ1n) is 7.17. The second kappa shape index (κ2) is 7.90. The van der Waals surface area contributed by atoms with Crippen molar-refractivity contribution < 1.29 is 9.53 Å². The number of nitrogens with two attached hydrogens (primary N) is 1. The molecule has 1 amide bonds. The standard InChI is InChI=1S/C16H26N2O2/c1-5-11(2)15(17)16(19)18-12(3)10-13-8-6-7-9-14(13)20-4/h6-9,11-12,15H,5,10,17H2,1-4H3,(H,18,19)/t11?,12?,15-/m0/s1. The molecule has 112 valence electrons. The Morgan fingerprint density at radius 1 is 1.35 bits per heavy atom. The number of methoxy groups -OCH3 is 1. The second-order valence-corrected chi connectivity index (χ2v) is 5.34. The Morgan fingerprint density at radius 2 is 2.00 bits per heavy atom. The Balaban J connectivity index is 2.59. The first-order valence-corrected chi connectivity index (χ1v) is 7.17. The number of nitrogens with one attached hydrogen (secondary N) is 1. The summed E-state index contributed by atoms with van der Waals surface area (Å²) < 4.78 is 5.32. The highest BCUT2D eigenvalue weighted by Gasteiger charge is 2.21. The molecule has 0 aromatic heterocycles. The molecule has 4 nitrogen and oxygen atoms in total. The van der Waals surface area contributed by atoms with Gasteiger partial charge >= 0.3 is 0 Å². The van der Waals surface area contributed by atoms with Crippen molar-refractivity contribution in [1.29, 1.82) is 0 Å². The number of rotatable bonds is 7. The van der Waals surface area contributed by atoms with Gasteiger partial charge in [0, 0.05) is 6.04 Å². The molecule has 1 aromatic rings. The molecular weight excluding hydrogens is 252 g/mol. The first-order chi connectivity index (χ1) is 9.49. The highest BCUT2D eigenvalue weighted by Crippen LogP contribution is 2.18. The van der Waals surface area contributed by atoms with Crippen molar-refractivity contribution in [2.24, 2.45) is 11.7 Å². The zero-order valence-electron chi connectivity index (χ0n) is 12.8. The van der Waals surface area contributed by atoms with Gasteiger partial charge in [0.2, 0.25) is 5.91 Å². The van der Waals surface area contributed by atoms with Gasteiger partial charge in [-0.3, -0.25) is 4.79 Å². The third kappa shape index (κ3) is 4.53. The lowest BCUT2D eigenvalue weighted by Crippen LogP contribution is -2.48. The van der Waals surface area contributed by atoms with E-state index in [9.17, 15) is 4.79 Å². The maximum absolute atomic E-state index is 12.0. The van der Waals surface area contributed by atoms with E-state index in [1.807, 2.05) is 45.0 Å². The van der Waals surface area contributed by atoms with E-state index in [0.717, 1.165) is 24.2 Å². The SMILES string of the molecule is CCC(C)[C@H](N)C(=O)NC(C)Cc1ccccc1OC. The predicted molar refractivity (Wildman–Crippen MR) is 81.7 cm³/mol. The van der Waals surface area contributed by atoms with Crippen LogP contribution in [0.2, 0.25) is 0 Å². The van der Waals surface area contributed by atoms with Crippen LogP contribution in [0, 0.1) is 5.92 Å². The maximum Gasteiger partial charge on any atom is 0.237 e. The lowest BCUT2D eigenvalue weighted by atomic mass is 9.98. The molecule has 3 atom stereocenters. The van der Waals surface area contributed by atoms with Crippen molar-refractivity contribution in [2.75, 3.05) is 7.11 Å². The van der Waals surface area contributed by atoms with Crippen molar-refractivity contribution in [3.63, 3.8) is 0 Å². The van der Waals surface area contributed by atoms with Gasteiger partial charge in [0.25, 0.3) is 0 Å². The number of amides is 1. The number of para-hydroxylation sites is 1. The fraction of sp³-hybridized carbons (Fsp3) is 0.562. The highest BCUT2D eigenvalue weighted by molar-refractivity contribution is 5.82. The summed E-state index contributed by atoms with van der Waals surface area (Å²) in [7, 11) is 1.65. The van der Waals surface area contributed by atoms with E-state index in [4.69, 9.17) is 10.5 Å². The van der Waals surface area contributed by atoms with E-state index in [1.165, 1.54) is 0 Å². The number of carbonyl (C=O) groups excluding carboxylic acids is 1. The van der Waals surface area contributed by atoms with Crippen molar-refractivity contribution in [3.8, 4) is 5.75 Å².